The first-order valence-corrected chi connectivity index (χ1v) is 4.11. The van der Waals surface area contributed by atoms with Gasteiger partial charge in [-0.1, -0.05) is 24.3 Å². The smallest absolute Gasteiger partial charge is 0.0544 e. The lowest BCUT2D eigenvalue weighted by atomic mass is 10.2. The number of allylic oxidation sites excluding steroid dienone is 5. The maximum Gasteiger partial charge on any atom is 0.0544 e. The zero-order valence-electron chi connectivity index (χ0n) is 6.12. The Labute approximate surface area is 75.4 Å². The van der Waals surface area contributed by atoms with E-state index in [0.29, 0.717) is 5.03 Å². The van der Waals surface area contributed by atoms with Gasteiger partial charge in [-0.25, -0.2) is 0 Å². The molecule has 0 aromatic heterocycles. The molecule has 0 heterocycles. The van der Waals surface area contributed by atoms with Crippen LogP contribution in [-0.2, 0) is 0 Å². The van der Waals surface area contributed by atoms with Gasteiger partial charge in [-0.3, -0.25) is 0 Å². The standard InChI is InChI=1S/C8H10BrCl/c1-4-6(3)8(9)7(10)5-2/h4-5H,2H2,1,3H3/b6-4-,8-7-. The molecule has 0 saturated heterocycles. The molecule has 0 spiro atoms. The van der Waals surface area contributed by atoms with E-state index in [2.05, 4.69) is 22.5 Å². The summed E-state index contributed by atoms with van der Waals surface area (Å²) in [5, 5.41) is 0.649. The summed E-state index contributed by atoms with van der Waals surface area (Å²) in [5.41, 5.74) is 1.12. The van der Waals surface area contributed by atoms with Crippen LogP contribution in [0, 0.1) is 0 Å². The van der Waals surface area contributed by atoms with E-state index in [0.717, 1.165) is 10.1 Å². The highest BCUT2D eigenvalue weighted by Gasteiger charge is 1.97. The summed E-state index contributed by atoms with van der Waals surface area (Å²) >= 11 is 9.10. The molecular formula is C8H10BrCl. The van der Waals surface area contributed by atoms with E-state index in [1.165, 1.54) is 0 Å². The molecule has 0 radical (unpaired) electrons. The maximum absolute atomic E-state index is 5.76. The van der Waals surface area contributed by atoms with Crippen LogP contribution in [0.1, 0.15) is 13.8 Å². The molecule has 0 rings (SSSR count). The van der Waals surface area contributed by atoms with Gasteiger partial charge in [0.1, 0.15) is 0 Å². The largest absolute Gasteiger partial charge is 0.0975 e. The first kappa shape index (κ1) is 9.99. The molecule has 0 atom stereocenters. The van der Waals surface area contributed by atoms with Gasteiger partial charge in [0.2, 0.25) is 0 Å². The van der Waals surface area contributed by atoms with Crippen molar-refractivity contribution in [3.8, 4) is 0 Å². The summed E-state index contributed by atoms with van der Waals surface area (Å²) in [5.74, 6) is 0. The molecule has 0 aliphatic carbocycles. The van der Waals surface area contributed by atoms with E-state index in [-0.39, 0.29) is 0 Å². The fourth-order valence-corrected chi connectivity index (χ4v) is 0.945. The van der Waals surface area contributed by atoms with Gasteiger partial charge in [0.25, 0.3) is 0 Å². The minimum atomic E-state index is 0.649. The molecule has 10 heavy (non-hydrogen) atoms. The predicted octanol–water partition coefficient (Wildman–Crippen LogP) is 3.98. The van der Waals surface area contributed by atoms with Crippen LogP contribution in [0.5, 0.6) is 0 Å². The SMILES string of the molecule is C=C/C(Cl)=C(Br)\C(C)=C/C. The molecule has 0 amide bonds. The molecule has 0 aromatic carbocycles. The monoisotopic (exact) mass is 220 g/mol. The molecule has 0 nitrogen and oxygen atoms in total. The molecule has 56 valence electrons. The highest BCUT2D eigenvalue weighted by Crippen LogP contribution is 2.23. The lowest BCUT2D eigenvalue weighted by Crippen LogP contribution is -1.76. The van der Waals surface area contributed by atoms with E-state index in [9.17, 15) is 0 Å². The van der Waals surface area contributed by atoms with Gasteiger partial charge in [-0.2, -0.15) is 0 Å². The van der Waals surface area contributed by atoms with E-state index >= 15 is 0 Å². The van der Waals surface area contributed by atoms with Gasteiger partial charge in [0, 0.05) is 4.48 Å². The third-order valence-corrected chi connectivity index (χ3v) is 2.79. The Balaban J connectivity index is 4.63. The van der Waals surface area contributed by atoms with Crippen molar-refractivity contribution in [2.75, 3.05) is 0 Å². The van der Waals surface area contributed by atoms with E-state index < -0.39 is 0 Å². The Kier molecular flexibility index (Phi) is 4.75. The molecule has 0 N–H and O–H groups in total. The Morgan fingerprint density at radius 3 is 2.40 bits per heavy atom. The van der Waals surface area contributed by atoms with Gasteiger partial charge in [0.05, 0.1) is 5.03 Å². The Morgan fingerprint density at radius 1 is 1.60 bits per heavy atom. The number of hydrogen-bond acceptors (Lipinski definition) is 0. The van der Waals surface area contributed by atoms with Crippen molar-refractivity contribution in [1.82, 2.24) is 0 Å². The van der Waals surface area contributed by atoms with Crippen LogP contribution >= 0.6 is 27.5 Å². The van der Waals surface area contributed by atoms with Crippen molar-refractivity contribution < 1.29 is 0 Å². The average Bonchev–Trinajstić information content (AvgIpc) is 2.00. The van der Waals surface area contributed by atoms with Crippen molar-refractivity contribution in [1.29, 1.82) is 0 Å². The Morgan fingerprint density at radius 2 is 2.10 bits per heavy atom. The minimum Gasteiger partial charge on any atom is -0.0975 e. The third kappa shape index (κ3) is 2.72. The highest BCUT2D eigenvalue weighted by atomic mass is 79.9. The summed E-state index contributed by atoms with van der Waals surface area (Å²) in [6.07, 6.45) is 3.59. The third-order valence-electron chi connectivity index (χ3n) is 1.17. The zero-order chi connectivity index (χ0) is 8.15. The molecule has 0 aliphatic heterocycles. The fraction of sp³-hybridized carbons (Fsp3) is 0.250. The Bertz CT molecular complexity index is 189. The summed E-state index contributed by atoms with van der Waals surface area (Å²) in [7, 11) is 0. The first-order chi connectivity index (χ1) is 4.63. The van der Waals surface area contributed by atoms with Crippen molar-refractivity contribution in [3.05, 3.63) is 33.8 Å². The topological polar surface area (TPSA) is 0 Å². The van der Waals surface area contributed by atoms with Crippen molar-refractivity contribution in [3.63, 3.8) is 0 Å². The van der Waals surface area contributed by atoms with Gasteiger partial charge in [-0.15, -0.1) is 0 Å². The van der Waals surface area contributed by atoms with Crippen LogP contribution in [0.15, 0.2) is 33.8 Å². The minimum absolute atomic E-state index is 0.649. The van der Waals surface area contributed by atoms with Gasteiger partial charge in [-0.05, 0) is 41.4 Å². The lowest BCUT2D eigenvalue weighted by molar-refractivity contribution is 1.46. The normalized spacial score (nSPS) is 14.6. The quantitative estimate of drug-likeness (QED) is 0.619. The average molecular weight is 222 g/mol. The second-order valence-corrected chi connectivity index (χ2v) is 3.04. The van der Waals surface area contributed by atoms with Gasteiger partial charge in [0.15, 0.2) is 0 Å². The highest BCUT2D eigenvalue weighted by molar-refractivity contribution is 9.12. The van der Waals surface area contributed by atoms with Crippen LogP contribution < -0.4 is 0 Å². The second kappa shape index (κ2) is 4.75. The van der Waals surface area contributed by atoms with Crippen molar-refractivity contribution in [2.24, 2.45) is 0 Å². The zero-order valence-corrected chi connectivity index (χ0v) is 8.46. The van der Waals surface area contributed by atoms with Crippen LogP contribution in [-0.4, -0.2) is 0 Å². The van der Waals surface area contributed by atoms with Crippen LogP contribution in [0.2, 0.25) is 0 Å². The van der Waals surface area contributed by atoms with Gasteiger partial charge < -0.3 is 0 Å². The first-order valence-electron chi connectivity index (χ1n) is 2.94. The van der Waals surface area contributed by atoms with Crippen LogP contribution in [0.3, 0.4) is 0 Å². The van der Waals surface area contributed by atoms with Crippen LogP contribution in [0.4, 0.5) is 0 Å². The van der Waals surface area contributed by atoms with Crippen LogP contribution in [0.25, 0.3) is 0 Å². The maximum atomic E-state index is 5.76. The summed E-state index contributed by atoms with van der Waals surface area (Å²) in [6, 6.07) is 0. The fourth-order valence-electron chi connectivity index (χ4n) is 0.405. The lowest BCUT2D eigenvalue weighted by Gasteiger charge is -1.98. The molecule has 0 unspecified atom stereocenters. The molecule has 0 aromatic rings. The summed E-state index contributed by atoms with van der Waals surface area (Å²) < 4.78 is 0.909. The van der Waals surface area contributed by atoms with Gasteiger partial charge >= 0.3 is 0 Å². The number of hydrogen-bond donors (Lipinski definition) is 0. The molecule has 0 aliphatic rings. The molecule has 2 heteroatoms. The number of halogens is 2. The van der Waals surface area contributed by atoms with Crippen molar-refractivity contribution in [2.45, 2.75) is 13.8 Å². The molecule has 0 fully saturated rings. The van der Waals surface area contributed by atoms with E-state index in [4.69, 9.17) is 11.6 Å². The molecular weight excluding hydrogens is 211 g/mol. The van der Waals surface area contributed by atoms with E-state index in [1.54, 1.807) is 6.08 Å². The van der Waals surface area contributed by atoms with E-state index in [1.807, 2.05) is 19.9 Å². The predicted molar refractivity (Wildman–Crippen MR) is 51.4 cm³/mol. The molecule has 0 saturated carbocycles. The molecule has 0 bridgehead atoms. The summed E-state index contributed by atoms with van der Waals surface area (Å²) in [4.78, 5) is 0. The van der Waals surface area contributed by atoms with Crippen molar-refractivity contribution >= 4 is 27.5 Å². The second-order valence-electron chi connectivity index (χ2n) is 1.84. The number of rotatable bonds is 2. The Hall–Kier alpha value is -0.0100. The summed E-state index contributed by atoms with van der Waals surface area (Å²) in [6.45, 7) is 7.50.